The molecular weight excluding hydrogens is 316 g/mol. The van der Waals surface area contributed by atoms with Crippen LogP contribution in [0.1, 0.15) is 52.4 Å². The van der Waals surface area contributed by atoms with Gasteiger partial charge in [0.15, 0.2) is 5.60 Å². The molecule has 3 fully saturated rings. The summed E-state index contributed by atoms with van der Waals surface area (Å²) < 4.78 is 0. The molecule has 138 valence electrons. The first-order valence-corrected chi connectivity index (χ1v) is 9.63. The zero-order valence-electron chi connectivity index (χ0n) is 15.2. The summed E-state index contributed by atoms with van der Waals surface area (Å²) in [5.41, 5.74) is -0.907. The van der Waals surface area contributed by atoms with Crippen molar-refractivity contribution in [2.45, 2.75) is 76.3 Å². The minimum Gasteiger partial charge on any atom is -0.393 e. The first-order valence-electron chi connectivity index (χ1n) is 9.63. The average Bonchev–Trinajstić information content (AvgIpc) is 2.77. The number of aliphatic hydroxyl groups is 4. The predicted octanol–water partition coefficient (Wildman–Crippen LogP) is 1.62. The lowest BCUT2D eigenvalue weighted by Gasteiger charge is -2.59. The van der Waals surface area contributed by atoms with Crippen molar-refractivity contribution in [2.75, 3.05) is 0 Å². The van der Waals surface area contributed by atoms with Crippen molar-refractivity contribution in [1.29, 1.82) is 0 Å². The smallest absolute Gasteiger partial charge is 0.156 e. The monoisotopic (exact) mass is 346 g/mol. The van der Waals surface area contributed by atoms with Crippen LogP contribution >= 0.6 is 0 Å². The van der Waals surface area contributed by atoms with Gasteiger partial charge in [-0.05, 0) is 61.7 Å². The Balaban J connectivity index is 1.77. The average molecular weight is 346 g/mol. The summed E-state index contributed by atoms with van der Waals surface area (Å²) >= 11 is 0. The van der Waals surface area contributed by atoms with E-state index in [1.165, 1.54) is 5.57 Å². The molecule has 0 spiro atoms. The molecule has 0 aliphatic heterocycles. The maximum atomic E-state index is 11.0. The van der Waals surface area contributed by atoms with Crippen LogP contribution in [-0.4, -0.2) is 44.3 Å². The molecule has 0 saturated heterocycles. The molecule has 0 aromatic rings. The quantitative estimate of drug-likeness (QED) is 0.397. The molecule has 3 saturated carbocycles. The minimum atomic E-state index is -1.52. The highest BCUT2D eigenvalue weighted by atomic mass is 16.3. The lowest BCUT2D eigenvalue weighted by molar-refractivity contribution is -0.135. The van der Waals surface area contributed by atoms with Gasteiger partial charge in [-0.3, -0.25) is 0 Å². The van der Waals surface area contributed by atoms with E-state index in [0.717, 1.165) is 25.7 Å². The van der Waals surface area contributed by atoms with Gasteiger partial charge in [0.05, 0.1) is 18.3 Å². The Morgan fingerprint density at radius 3 is 2.52 bits per heavy atom. The Bertz CT molecular complexity index is 651. The maximum absolute atomic E-state index is 11.0. The van der Waals surface area contributed by atoms with Gasteiger partial charge in [-0.15, -0.1) is 6.42 Å². The Hall–Kier alpha value is -0.860. The highest BCUT2D eigenvalue weighted by molar-refractivity contribution is 5.32. The molecule has 0 aromatic carbocycles. The number of terminal acetylenes is 1. The van der Waals surface area contributed by atoms with Crippen LogP contribution in [0.15, 0.2) is 11.6 Å². The van der Waals surface area contributed by atoms with E-state index in [2.05, 4.69) is 12.8 Å². The fraction of sp³-hybridized carbons (Fsp3) is 0.810. The van der Waals surface area contributed by atoms with E-state index in [1.807, 2.05) is 13.0 Å². The van der Waals surface area contributed by atoms with Gasteiger partial charge in [0.25, 0.3) is 0 Å². The second-order valence-electron chi connectivity index (χ2n) is 9.41. The first kappa shape index (κ1) is 17.5. The van der Waals surface area contributed by atoms with Gasteiger partial charge in [-0.1, -0.05) is 31.4 Å². The molecule has 0 aromatic heterocycles. The second kappa shape index (κ2) is 5.33. The van der Waals surface area contributed by atoms with Gasteiger partial charge < -0.3 is 20.4 Å². The van der Waals surface area contributed by atoms with Crippen molar-refractivity contribution < 1.29 is 20.4 Å². The van der Waals surface area contributed by atoms with Crippen LogP contribution in [0.4, 0.5) is 0 Å². The van der Waals surface area contributed by atoms with E-state index in [4.69, 9.17) is 6.42 Å². The van der Waals surface area contributed by atoms with Crippen molar-refractivity contribution in [3.05, 3.63) is 11.6 Å². The Kier molecular flexibility index (Phi) is 3.74. The highest BCUT2D eigenvalue weighted by Crippen LogP contribution is 2.66. The van der Waals surface area contributed by atoms with E-state index < -0.39 is 23.2 Å². The Labute approximate surface area is 150 Å². The van der Waals surface area contributed by atoms with Crippen LogP contribution in [0.5, 0.6) is 0 Å². The van der Waals surface area contributed by atoms with Crippen LogP contribution < -0.4 is 0 Å². The van der Waals surface area contributed by atoms with Crippen molar-refractivity contribution in [2.24, 2.45) is 28.6 Å². The SMILES string of the molecule is C#C[C@]1(O)[C@H](O)C[C@H]2[C@@H]3[C@@H](O)C=C4C[C@H](O)CC[C@]4(C)[C@H]3CC[C@@]21C. The summed E-state index contributed by atoms with van der Waals surface area (Å²) in [6.45, 7) is 4.26. The van der Waals surface area contributed by atoms with Gasteiger partial charge >= 0.3 is 0 Å². The summed E-state index contributed by atoms with van der Waals surface area (Å²) in [6, 6.07) is 0. The molecular formula is C21H30O4. The van der Waals surface area contributed by atoms with Crippen LogP contribution in [-0.2, 0) is 0 Å². The fourth-order valence-corrected chi connectivity index (χ4v) is 6.92. The van der Waals surface area contributed by atoms with E-state index >= 15 is 0 Å². The van der Waals surface area contributed by atoms with Gasteiger partial charge in [0, 0.05) is 5.41 Å². The molecule has 25 heavy (non-hydrogen) atoms. The lowest BCUT2D eigenvalue weighted by Crippen LogP contribution is -2.58. The van der Waals surface area contributed by atoms with E-state index in [0.29, 0.717) is 18.8 Å². The molecule has 0 bridgehead atoms. The van der Waals surface area contributed by atoms with Crippen LogP contribution in [0, 0.1) is 40.9 Å². The van der Waals surface area contributed by atoms with Gasteiger partial charge in [-0.25, -0.2) is 0 Å². The zero-order valence-corrected chi connectivity index (χ0v) is 15.2. The third-order valence-corrected chi connectivity index (χ3v) is 8.54. The second-order valence-corrected chi connectivity index (χ2v) is 9.41. The van der Waals surface area contributed by atoms with Crippen LogP contribution in [0.2, 0.25) is 0 Å². The lowest BCUT2D eigenvalue weighted by atomic mass is 9.46. The zero-order chi connectivity index (χ0) is 18.2. The van der Waals surface area contributed by atoms with Gasteiger partial charge in [0.2, 0.25) is 0 Å². The van der Waals surface area contributed by atoms with Crippen molar-refractivity contribution >= 4 is 0 Å². The third kappa shape index (κ3) is 2.04. The molecule has 4 rings (SSSR count). The molecule has 4 heteroatoms. The third-order valence-electron chi connectivity index (χ3n) is 8.54. The van der Waals surface area contributed by atoms with Crippen LogP contribution in [0.3, 0.4) is 0 Å². The standard InChI is InChI=1S/C21H30O4/c1-4-21(25)17(24)11-15-18-14(6-8-20(15,21)3)19(2)7-5-13(22)9-12(19)10-16(18)23/h1,10,13-18,22-25H,5-9,11H2,2-3H3/t13-,14+,15+,16+,17-,18-,19+,20+,21+/m1/s1. The largest absolute Gasteiger partial charge is 0.393 e. The fourth-order valence-electron chi connectivity index (χ4n) is 6.92. The number of aliphatic hydroxyl groups excluding tert-OH is 3. The van der Waals surface area contributed by atoms with E-state index in [-0.39, 0.29) is 23.4 Å². The van der Waals surface area contributed by atoms with E-state index in [9.17, 15) is 20.4 Å². The van der Waals surface area contributed by atoms with Crippen molar-refractivity contribution in [3.63, 3.8) is 0 Å². The van der Waals surface area contributed by atoms with Crippen molar-refractivity contribution in [1.82, 2.24) is 0 Å². The molecule has 4 aliphatic carbocycles. The number of hydrogen-bond acceptors (Lipinski definition) is 4. The molecule has 0 radical (unpaired) electrons. The summed E-state index contributed by atoms with van der Waals surface area (Å²) in [6.07, 6.45) is 10.2. The summed E-state index contributed by atoms with van der Waals surface area (Å²) in [5, 5.41) is 42.6. The molecule has 4 N–H and O–H groups in total. The summed E-state index contributed by atoms with van der Waals surface area (Å²) in [4.78, 5) is 0. The number of hydrogen-bond donors (Lipinski definition) is 4. The molecule has 4 aliphatic rings. The van der Waals surface area contributed by atoms with Gasteiger partial charge in [0.1, 0.15) is 0 Å². The minimum absolute atomic E-state index is 0.000215. The summed E-state index contributed by atoms with van der Waals surface area (Å²) in [5.74, 6) is 2.79. The molecule has 0 unspecified atom stereocenters. The van der Waals surface area contributed by atoms with Crippen LogP contribution in [0.25, 0.3) is 0 Å². The molecule has 9 atom stereocenters. The number of fused-ring (bicyclic) bond motifs is 5. The molecule has 0 heterocycles. The topological polar surface area (TPSA) is 80.9 Å². The number of rotatable bonds is 0. The molecule has 0 amide bonds. The van der Waals surface area contributed by atoms with Gasteiger partial charge in [-0.2, -0.15) is 0 Å². The highest BCUT2D eigenvalue weighted by Gasteiger charge is 2.68. The Morgan fingerprint density at radius 1 is 1.12 bits per heavy atom. The normalized spacial score (nSPS) is 57.7. The Morgan fingerprint density at radius 2 is 1.84 bits per heavy atom. The summed E-state index contributed by atoms with van der Waals surface area (Å²) in [7, 11) is 0. The predicted molar refractivity (Wildman–Crippen MR) is 94.3 cm³/mol. The van der Waals surface area contributed by atoms with Crippen molar-refractivity contribution in [3.8, 4) is 12.3 Å². The van der Waals surface area contributed by atoms with E-state index in [1.54, 1.807) is 0 Å². The first-order chi connectivity index (χ1) is 11.7. The molecule has 4 nitrogen and oxygen atoms in total. The maximum Gasteiger partial charge on any atom is 0.156 e.